The van der Waals surface area contributed by atoms with Crippen molar-refractivity contribution in [2.24, 2.45) is 5.92 Å². The fourth-order valence-electron chi connectivity index (χ4n) is 2.46. The number of aryl methyl sites for hydroxylation is 1. The van der Waals surface area contributed by atoms with Gasteiger partial charge in [-0.25, -0.2) is 4.98 Å². The molecule has 18 heavy (non-hydrogen) atoms. The molecule has 0 unspecified atom stereocenters. The summed E-state index contributed by atoms with van der Waals surface area (Å²) >= 11 is 5.86. The molecule has 0 bridgehead atoms. The summed E-state index contributed by atoms with van der Waals surface area (Å²) in [4.78, 5) is 7.01. The van der Waals surface area contributed by atoms with Gasteiger partial charge >= 0.3 is 0 Å². The SMILES string of the molecule is COCC1CCN(c2ccc(CCl)c(C)n2)CC1. The lowest BCUT2D eigenvalue weighted by atomic mass is 9.98. The van der Waals surface area contributed by atoms with Gasteiger partial charge in [0.1, 0.15) is 5.82 Å². The number of alkyl halides is 1. The molecule has 1 aliphatic rings. The number of rotatable bonds is 4. The monoisotopic (exact) mass is 268 g/mol. The molecule has 100 valence electrons. The normalized spacial score (nSPS) is 17.2. The van der Waals surface area contributed by atoms with E-state index in [0.717, 1.165) is 36.8 Å². The Morgan fingerprint density at radius 1 is 1.39 bits per heavy atom. The molecule has 0 amide bonds. The van der Waals surface area contributed by atoms with Gasteiger partial charge in [-0.05, 0) is 37.3 Å². The van der Waals surface area contributed by atoms with Crippen LogP contribution in [-0.2, 0) is 10.6 Å². The van der Waals surface area contributed by atoms with Crippen molar-refractivity contribution in [1.29, 1.82) is 0 Å². The van der Waals surface area contributed by atoms with Crippen LogP contribution in [0, 0.1) is 12.8 Å². The number of pyridine rings is 1. The van der Waals surface area contributed by atoms with Crippen molar-refractivity contribution in [1.82, 2.24) is 4.98 Å². The van der Waals surface area contributed by atoms with Crippen LogP contribution in [0.1, 0.15) is 24.1 Å². The fourth-order valence-corrected chi connectivity index (χ4v) is 2.74. The molecule has 3 nitrogen and oxygen atoms in total. The van der Waals surface area contributed by atoms with Gasteiger partial charge in [0.2, 0.25) is 0 Å². The van der Waals surface area contributed by atoms with Crippen LogP contribution in [0.2, 0.25) is 0 Å². The smallest absolute Gasteiger partial charge is 0.128 e. The van der Waals surface area contributed by atoms with Crippen molar-refractivity contribution in [2.75, 3.05) is 31.7 Å². The summed E-state index contributed by atoms with van der Waals surface area (Å²) in [6.45, 7) is 5.05. The number of methoxy groups -OCH3 is 1. The fraction of sp³-hybridized carbons (Fsp3) is 0.643. The van der Waals surface area contributed by atoms with E-state index in [1.165, 1.54) is 12.8 Å². The lowest BCUT2D eigenvalue weighted by molar-refractivity contribution is 0.139. The number of ether oxygens (including phenoxy) is 1. The quantitative estimate of drug-likeness (QED) is 0.785. The molecule has 0 aromatic carbocycles. The topological polar surface area (TPSA) is 25.4 Å². The summed E-state index contributed by atoms with van der Waals surface area (Å²) in [6, 6.07) is 4.17. The summed E-state index contributed by atoms with van der Waals surface area (Å²) in [7, 11) is 1.78. The van der Waals surface area contributed by atoms with Gasteiger partial charge in [0, 0.05) is 38.4 Å². The first-order valence-corrected chi connectivity index (χ1v) is 7.04. The highest BCUT2D eigenvalue weighted by Crippen LogP contribution is 2.23. The number of hydrogen-bond donors (Lipinski definition) is 0. The molecule has 0 N–H and O–H groups in total. The summed E-state index contributed by atoms with van der Waals surface area (Å²) in [5, 5.41) is 0. The molecule has 1 aromatic heterocycles. The third-order valence-electron chi connectivity index (χ3n) is 3.67. The van der Waals surface area contributed by atoms with Gasteiger partial charge < -0.3 is 9.64 Å². The molecule has 0 radical (unpaired) electrons. The van der Waals surface area contributed by atoms with Gasteiger partial charge in [0.15, 0.2) is 0 Å². The van der Waals surface area contributed by atoms with Crippen LogP contribution in [0.5, 0.6) is 0 Å². The van der Waals surface area contributed by atoms with Gasteiger partial charge in [-0.15, -0.1) is 11.6 Å². The number of piperidine rings is 1. The molecule has 1 saturated heterocycles. The number of aromatic nitrogens is 1. The first kappa shape index (κ1) is 13.6. The molecular formula is C14H21ClN2O. The average Bonchev–Trinajstić information content (AvgIpc) is 2.40. The Morgan fingerprint density at radius 3 is 2.67 bits per heavy atom. The molecule has 1 aromatic rings. The predicted octanol–water partition coefficient (Wildman–Crippen LogP) is 2.99. The zero-order valence-corrected chi connectivity index (χ0v) is 11.9. The van der Waals surface area contributed by atoms with Crippen LogP contribution >= 0.6 is 11.6 Å². The van der Waals surface area contributed by atoms with Crippen molar-refractivity contribution < 1.29 is 4.74 Å². The summed E-state index contributed by atoms with van der Waals surface area (Å²) in [5.41, 5.74) is 2.16. The minimum Gasteiger partial charge on any atom is -0.384 e. The number of anilines is 1. The van der Waals surface area contributed by atoms with Crippen LogP contribution in [0.25, 0.3) is 0 Å². The minimum atomic E-state index is 0.537. The van der Waals surface area contributed by atoms with Gasteiger partial charge in [-0.3, -0.25) is 0 Å². The predicted molar refractivity (Wildman–Crippen MR) is 75.3 cm³/mol. The maximum atomic E-state index is 5.86. The second kappa shape index (κ2) is 6.39. The Balaban J connectivity index is 1.99. The molecule has 0 atom stereocenters. The highest BCUT2D eigenvalue weighted by Gasteiger charge is 2.20. The summed E-state index contributed by atoms with van der Waals surface area (Å²) in [6.07, 6.45) is 2.37. The molecule has 2 heterocycles. The van der Waals surface area contributed by atoms with E-state index in [4.69, 9.17) is 16.3 Å². The largest absolute Gasteiger partial charge is 0.384 e. The maximum Gasteiger partial charge on any atom is 0.128 e. The van der Waals surface area contributed by atoms with Crippen molar-refractivity contribution in [2.45, 2.75) is 25.6 Å². The van der Waals surface area contributed by atoms with E-state index in [0.29, 0.717) is 11.8 Å². The summed E-state index contributed by atoms with van der Waals surface area (Å²) in [5.74, 6) is 2.32. The lowest BCUT2D eigenvalue weighted by Crippen LogP contribution is -2.35. The Kier molecular flexibility index (Phi) is 4.84. The number of hydrogen-bond acceptors (Lipinski definition) is 3. The Bertz CT molecular complexity index is 389. The Labute approximate surface area is 114 Å². The van der Waals surface area contributed by atoms with Gasteiger partial charge in [-0.2, -0.15) is 0 Å². The van der Waals surface area contributed by atoms with Crippen molar-refractivity contribution in [3.63, 3.8) is 0 Å². The first-order chi connectivity index (χ1) is 8.74. The van der Waals surface area contributed by atoms with Gasteiger partial charge in [0.05, 0.1) is 0 Å². The highest BCUT2D eigenvalue weighted by atomic mass is 35.5. The van der Waals surface area contributed by atoms with Crippen LogP contribution in [0.15, 0.2) is 12.1 Å². The third-order valence-corrected chi connectivity index (χ3v) is 3.95. The van der Waals surface area contributed by atoms with E-state index < -0.39 is 0 Å². The highest BCUT2D eigenvalue weighted by molar-refractivity contribution is 6.17. The van der Waals surface area contributed by atoms with Crippen LogP contribution in [0.3, 0.4) is 0 Å². The van der Waals surface area contributed by atoms with Gasteiger partial charge in [-0.1, -0.05) is 6.07 Å². The molecule has 2 rings (SSSR count). The van der Waals surface area contributed by atoms with E-state index in [9.17, 15) is 0 Å². The number of nitrogens with zero attached hydrogens (tertiary/aromatic N) is 2. The lowest BCUT2D eigenvalue weighted by Gasteiger charge is -2.32. The molecule has 0 aliphatic carbocycles. The minimum absolute atomic E-state index is 0.537. The van der Waals surface area contributed by atoms with E-state index in [1.807, 2.05) is 6.92 Å². The molecule has 1 aliphatic heterocycles. The maximum absolute atomic E-state index is 5.86. The average molecular weight is 269 g/mol. The van der Waals surface area contributed by atoms with Crippen molar-refractivity contribution >= 4 is 17.4 Å². The molecule has 4 heteroatoms. The van der Waals surface area contributed by atoms with E-state index >= 15 is 0 Å². The van der Waals surface area contributed by atoms with Gasteiger partial charge in [0.25, 0.3) is 0 Å². The van der Waals surface area contributed by atoms with Crippen LogP contribution in [0.4, 0.5) is 5.82 Å². The second-order valence-electron chi connectivity index (χ2n) is 4.93. The van der Waals surface area contributed by atoms with E-state index in [2.05, 4.69) is 22.0 Å². The zero-order valence-electron chi connectivity index (χ0n) is 11.2. The van der Waals surface area contributed by atoms with Crippen LogP contribution < -0.4 is 4.90 Å². The van der Waals surface area contributed by atoms with E-state index in [1.54, 1.807) is 7.11 Å². The molecule has 1 fully saturated rings. The molecular weight excluding hydrogens is 248 g/mol. The molecule has 0 saturated carbocycles. The van der Waals surface area contributed by atoms with Crippen molar-refractivity contribution in [3.05, 3.63) is 23.4 Å². The molecule has 0 spiro atoms. The van der Waals surface area contributed by atoms with E-state index in [-0.39, 0.29) is 0 Å². The first-order valence-electron chi connectivity index (χ1n) is 6.51. The standard InChI is InChI=1S/C14H21ClN2O/c1-11-13(9-15)3-4-14(16-11)17-7-5-12(6-8-17)10-18-2/h3-4,12H,5-10H2,1-2H3. The third kappa shape index (κ3) is 3.15. The zero-order chi connectivity index (χ0) is 13.0. The Hall–Kier alpha value is -0.800. The number of halogens is 1. The Morgan fingerprint density at radius 2 is 2.11 bits per heavy atom. The van der Waals surface area contributed by atoms with Crippen LogP contribution in [-0.4, -0.2) is 31.8 Å². The second-order valence-corrected chi connectivity index (χ2v) is 5.20. The summed E-state index contributed by atoms with van der Waals surface area (Å²) < 4.78 is 5.22. The van der Waals surface area contributed by atoms with Crippen molar-refractivity contribution in [3.8, 4) is 0 Å².